The molecule has 20 heavy (non-hydrogen) atoms. The highest BCUT2D eigenvalue weighted by Gasteiger charge is 2.18. The molecule has 0 N–H and O–H groups in total. The number of nitrogens with zero attached hydrogens (tertiary/aromatic N) is 6. The van der Waals surface area contributed by atoms with Crippen molar-refractivity contribution >= 4 is 22.9 Å². The normalized spacial score (nSPS) is 10.4. The average molecular weight is 303 g/mol. The first kappa shape index (κ1) is 12.7. The summed E-state index contributed by atoms with van der Waals surface area (Å²) in [5.41, 5.74) is 1.54. The van der Waals surface area contributed by atoms with Gasteiger partial charge in [0.2, 0.25) is 5.13 Å². The second-order valence-electron chi connectivity index (χ2n) is 3.92. The second-order valence-corrected chi connectivity index (χ2v) is 5.52. The third-order valence-electron chi connectivity index (χ3n) is 2.57. The van der Waals surface area contributed by atoms with Crippen LogP contribution < -0.4 is 0 Å². The molecule has 1 aromatic carbocycles. The smallest absolute Gasteiger partial charge is 0.191 e. The Bertz CT molecular complexity index is 815. The highest BCUT2D eigenvalue weighted by Crippen LogP contribution is 2.27. The van der Waals surface area contributed by atoms with E-state index in [0.717, 1.165) is 10.6 Å². The Morgan fingerprint density at radius 1 is 1.30 bits per heavy atom. The molecule has 0 aliphatic carbocycles. The number of aromatic nitrogens is 5. The number of nitriles is 1. The molecule has 98 valence electrons. The van der Waals surface area contributed by atoms with Crippen LogP contribution in [0.25, 0.3) is 16.4 Å². The fourth-order valence-electron chi connectivity index (χ4n) is 1.76. The molecule has 0 amide bonds. The Kier molecular flexibility index (Phi) is 3.18. The van der Waals surface area contributed by atoms with Crippen LogP contribution in [0.15, 0.2) is 24.3 Å². The van der Waals surface area contributed by atoms with Crippen LogP contribution in [0.4, 0.5) is 0 Å². The molecule has 8 heteroatoms. The van der Waals surface area contributed by atoms with E-state index in [2.05, 4.69) is 20.5 Å². The molecule has 6 nitrogen and oxygen atoms in total. The average Bonchev–Trinajstić information content (AvgIpc) is 3.04. The van der Waals surface area contributed by atoms with Crippen LogP contribution in [0.2, 0.25) is 5.02 Å². The Hall–Kier alpha value is -2.30. The highest BCUT2D eigenvalue weighted by molar-refractivity contribution is 7.13. The number of aryl methyl sites for hydroxylation is 1. The first-order valence-corrected chi connectivity index (χ1v) is 6.80. The molecule has 3 rings (SSSR count). The topological polar surface area (TPSA) is 80.3 Å². The van der Waals surface area contributed by atoms with Gasteiger partial charge in [-0.2, -0.15) is 9.94 Å². The minimum Gasteiger partial charge on any atom is -0.191 e. The van der Waals surface area contributed by atoms with Crippen LogP contribution >= 0.6 is 22.9 Å². The Morgan fingerprint density at radius 2 is 2.15 bits per heavy atom. The van der Waals surface area contributed by atoms with E-state index in [0.29, 0.717) is 15.8 Å². The lowest BCUT2D eigenvalue weighted by Crippen LogP contribution is -1.99. The first-order chi connectivity index (χ1) is 9.69. The van der Waals surface area contributed by atoms with Crippen LogP contribution in [-0.4, -0.2) is 25.2 Å². The van der Waals surface area contributed by atoms with E-state index in [9.17, 15) is 5.26 Å². The van der Waals surface area contributed by atoms with Crippen LogP contribution in [0.3, 0.4) is 0 Å². The third-order valence-corrected chi connectivity index (χ3v) is 3.62. The molecule has 0 spiro atoms. The van der Waals surface area contributed by atoms with Crippen molar-refractivity contribution in [1.29, 1.82) is 5.26 Å². The molecule has 0 unspecified atom stereocenters. The van der Waals surface area contributed by atoms with Crippen molar-refractivity contribution in [3.63, 3.8) is 0 Å². The van der Waals surface area contributed by atoms with Gasteiger partial charge in [0.25, 0.3) is 0 Å². The maximum Gasteiger partial charge on any atom is 0.234 e. The van der Waals surface area contributed by atoms with Gasteiger partial charge in [-0.1, -0.05) is 40.3 Å². The number of halogens is 1. The third kappa shape index (κ3) is 2.15. The largest absolute Gasteiger partial charge is 0.234 e. The van der Waals surface area contributed by atoms with E-state index in [4.69, 9.17) is 11.6 Å². The first-order valence-electron chi connectivity index (χ1n) is 5.61. The molecule has 0 fully saturated rings. The zero-order valence-electron chi connectivity index (χ0n) is 10.3. The van der Waals surface area contributed by atoms with E-state index < -0.39 is 0 Å². The molecule has 3 aromatic rings. The van der Waals surface area contributed by atoms with E-state index >= 15 is 0 Å². The number of hydrogen-bond donors (Lipinski definition) is 0. The quantitative estimate of drug-likeness (QED) is 0.727. The molecule has 0 saturated carbocycles. The van der Waals surface area contributed by atoms with E-state index in [1.807, 2.05) is 25.1 Å². The molecule has 0 radical (unpaired) electrons. The van der Waals surface area contributed by atoms with Crippen LogP contribution in [-0.2, 0) is 0 Å². The van der Waals surface area contributed by atoms with Crippen LogP contribution in [0.1, 0.15) is 10.7 Å². The molecule has 0 aliphatic rings. The summed E-state index contributed by atoms with van der Waals surface area (Å²) in [6.07, 6.45) is 0. The van der Waals surface area contributed by atoms with Gasteiger partial charge in [-0.05, 0) is 19.1 Å². The molecular formula is C12H7ClN6S. The summed E-state index contributed by atoms with van der Waals surface area (Å²) in [6, 6.07) is 9.20. The summed E-state index contributed by atoms with van der Waals surface area (Å²) in [7, 11) is 0. The van der Waals surface area contributed by atoms with Gasteiger partial charge >= 0.3 is 0 Å². The minimum absolute atomic E-state index is 0.222. The Labute approximate surface area is 123 Å². The highest BCUT2D eigenvalue weighted by atomic mass is 35.5. The molecule has 2 aromatic heterocycles. The van der Waals surface area contributed by atoms with Crippen molar-refractivity contribution in [2.75, 3.05) is 0 Å². The summed E-state index contributed by atoms with van der Waals surface area (Å²) in [6.45, 7) is 1.85. The van der Waals surface area contributed by atoms with E-state index in [1.165, 1.54) is 16.0 Å². The van der Waals surface area contributed by atoms with Gasteiger partial charge in [-0.25, -0.2) is 0 Å². The summed E-state index contributed by atoms with van der Waals surface area (Å²) in [5.74, 6) is 0. The maximum absolute atomic E-state index is 9.18. The van der Waals surface area contributed by atoms with Crippen molar-refractivity contribution in [2.45, 2.75) is 6.92 Å². The molecule has 0 bridgehead atoms. The predicted octanol–water partition coefficient (Wildman–Crippen LogP) is 2.62. The van der Waals surface area contributed by atoms with Crippen molar-refractivity contribution < 1.29 is 0 Å². The van der Waals surface area contributed by atoms with Crippen molar-refractivity contribution in [1.82, 2.24) is 25.2 Å². The summed E-state index contributed by atoms with van der Waals surface area (Å²) in [4.78, 5) is 0. The fraction of sp³-hybridized carbons (Fsp3) is 0.0833. The lowest BCUT2D eigenvalue weighted by Gasteiger charge is -2.03. The zero-order valence-corrected chi connectivity index (χ0v) is 11.9. The van der Waals surface area contributed by atoms with Gasteiger partial charge in [0.05, 0.1) is 0 Å². The minimum atomic E-state index is 0.222. The van der Waals surface area contributed by atoms with Gasteiger partial charge in [0, 0.05) is 10.6 Å². The standard InChI is InChI=1S/C12H7ClN6S/c1-7-15-17-12(20-7)19-11(10(6-14)16-18-19)8-3-2-4-9(13)5-8/h2-5H,1H3. The van der Waals surface area contributed by atoms with Gasteiger partial charge in [0.1, 0.15) is 16.8 Å². The fourth-order valence-corrected chi connectivity index (χ4v) is 2.59. The van der Waals surface area contributed by atoms with Crippen molar-refractivity contribution in [2.24, 2.45) is 0 Å². The molecular weight excluding hydrogens is 296 g/mol. The second kappa shape index (κ2) is 5.00. The van der Waals surface area contributed by atoms with Gasteiger partial charge in [-0.3, -0.25) is 0 Å². The van der Waals surface area contributed by atoms with Crippen molar-refractivity contribution in [3.8, 4) is 22.5 Å². The summed E-state index contributed by atoms with van der Waals surface area (Å²) >= 11 is 7.37. The predicted molar refractivity (Wildman–Crippen MR) is 74.7 cm³/mol. The van der Waals surface area contributed by atoms with Gasteiger partial charge < -0.3 is 0 Å². The number of hydrogen-bond acceptors (Lipinski definition) is 6. The lowest BCUT2D eigenvalue weighted by atomic mass is 10.1. The number of rotatable bonds is 2. The van der Waals surface area contributed by atoms with E-state index in [1.54, 1.807) is 12.1 Å². The van der Waals surface area contributed by atoms with E-state index in [-0.39, 0.29) is 5.69 Å². The molecule has 0 saturated heterocycles. The van der Waals surface area contributed by atoms with Crippen LogP contribution in [0.5, 0.6) is 0 Å². The SMILES string of the molecule is Cc1nnc(-n2nnc(C#N)c2-c2cccc(Cl)c2)s1. The van der Waals surface area contributed by atoms with Gasteiger partial charge in [-0.15, -0.1) is 15.3 Å². The maximum atomic E-state index is 9.18. The summed E-state index contributed by atoms with van der Waals surface area (Å²) in [5, 5.41) is 27.0. The van der Waals surface area contributed by atoms with Crippen molar-refractivity contribution in [3.05, 3.63) is 40.0 Å². The Balaban J connectivity index is 2.24. The molecule has 2 heterocycles. The lowest BCUT2D eigenvalue weighted by molar-refractivity contribution is 0.787. The monoisotopic (exact) mass is 302 g/mol. The number of benzene rings is 1. The van der Waals surface area contributed by atoms with Gasteiger partial charge in [0.15, 0.2) is 5.69 Å². The molecule has 0 aliphatic heterocycles. The summed E-state index contributed by atoms with van der Waals surface area (Å²) < 4.78 is 1.51. The Morgan fingerprint density at radius 3 is 2.80 bits per heavy atom. The molecule has 0 atom stereocenters. The van der Waals surface area contributed by atoms with Crippen LogP contribution in [0, 0.1) is 18.3 Å². The zero-order chi connectivity index (χ0) is 14.1.